The predicted molar refractivity (Wildman–Crippen MR) is 54.6 cm³/mol. The number of ether oxygens (including phenoxy) is 1. The van der Waals surface area contributed by atoms with Gasteiger partial charge < -0.3 is 13.6 Å². The molecule has 0 N–H and O–H groups in total. The van der Waals surface area contributed by atoms with Crippen molar-refractivity contribution in [3.05, 3.63) is 28.7 Å². The molecule has 14 heavy (non-hydrogen) atoms. The summed E-state index contributed by atoms with van der Waals surface area (Å²) in [4.78, 5) is 0.161. The van der Waals surface area contributed by atoms with Crippen molar-refractivity contribution in [3.63, 3.8) is 0 Å². The number of fused-ring (bicyclic) bond motifs is 1. The third kappa shape index (κ3) is 1.86. The van der Waals surface area contributed by atoms with E-state index in [9.17, 15) is 0 Å². The van der Waals surface area contributed by atoms with Crippen LogP contribution in [0.5, 0.6) is 0 Å². The monoisotopic (exact) mass is 210 g/mol. The van der Waals surface area contributed by atoms with Crippen LogP contribution < -0.4 is 0 Å². The summed E-state index contributed by atoms with van der Waals surface area (Å²) in [5.41, 5.74) is 2.40. The Hall–Kier alpha value is -1.13. The lowest BCUT2D eigenvalue weighted by Crippen LogP contribution is -1.90. The molecule has 3 nitrogen and oxygen atoms in total. The molecule has 0 aliphatic heterocycles. The smallest absolute Gasteiger partial charge is 0.363 e. The van der Waals surface area contributed by atoms with Gasteiger partial charge in [0.1, 0.15) is 0 Å². The van der Waals surface area contributed by atoms with E-state index < -0.39 is 0 Å². The molecule has 0 unspecified atom stereocenters. The molecule has 2 rings (SSSR count). The van der Waals surface area contributed by atoms with E-state index in [-0.39, 0.29) is 4.90 Å². The van der Waals surface area contributed by atoms with Gasteiger partial charge in [-0.25, -0.2) is 0 Å². The molecule has 0 aliphatic rings. The second-order valence-corrected chi connectivity index (χ2v) is 3.21. The molecule has 1 aromatic heterocycles. The van der Waals surface area contributed by atoms with E-state index in [1.54, 1.807) is 0 Å². The van der Waals surface area contributed by atoms with Crippen LogP contribution in [0.3, 0.4) is 0 Å². The highest BCUT2D eigenvalue weighted by Crippen LogP contribution is 2.18. The highest BCUT2D eigenvalue weighted by Gasteiger charge is 2.02. The highest BCUT2D eigenvalue weighted by molar-refractivity contribution is 7.71. The zero-order valence-electron chi connectivity index (χ0n) is 7.78. The third-order valence-electron chi connectivity index (χ3n) is 1.87. The van der Waals surface area contributed by atoms with Crippen LogP contribution in [0.15, 0.2) is 27.0 Å². The minimum Gasteiger partial charge on any atom is -0.413 e. The summed E-state index contributed by atoms with van der Waals surface area (Å²) in [5, 5.41) is 0. The van der Waals surface area contributed by atoms with Crippen LogP contribution in [-0.2, 0) is 11.3 Å². The summed E-state index contributed by atoms with van der Waals surface area (Å²) in [6.07, 6.45) is 0. The lowest BCUT2D eigenvalue weighted by Gasteiger charge is -1.99. The molecule has 2 aromatic rings. The molecule has 0 amide bonds. The third-order valence-corrected chi connectivity index (χ3v) is 2.03. The molecule has 0 aliphatic carbocycles. The van der Waals surface area contributed by atoms with Crippen molar-refractivity contribution in [1.82, 2.24) is 0 Å². The topological polar surface area (TPSA) is 35.5 Å². The first-order valence-corrected chi connectivity index (χ1v) is 4.80. The second kappa shape index (κ2) is 3.94. The zero-order chi connectivity index (χ0) is 9.97. The van der Waals surface area contributed by atoms with Crippen molar-refractivity contribution in [2.75, 3.05) is 6.61 Å². The molecular formula is C10H10O3S. The van der Waals surface area contributed by atoms with Crippen LogP contribution in [0, 0.1) is 4.90 Å². The van der Waals surface area contributed by atoms with Crippen LogP contribution in [0.1, 0.15) is 12.5 Å². The maximum atomic E-state index is 5.28. The average Bonchev–Trinajstić information content (AvgIpc) is 2.54. The van der Waals surface area contributed by atoms with Crippen LogP contribution in [0.4, 0.5) is 0 Å². The van der Waals surface area contributed by atoms with Crippen molar-refractivity contribution in [1.29, 1.82) is 0 Å². The van der Waals surface area contributed by atoms with Gasteiger partial charge in [0, 0.05) is 18.8 Å². The maximum absolute atomic E-state index is 5.28. The van der Waals surface area contributed by atoms with Gasteiger partial charge in [-0.05, 0) is 24.6 Å². The average molecular weight is 210 g/mol. The van der Waals surface area contributed by atoms with Gasteiger partial charge in [0.25, 0.3) is 0 Å². The van der Waals surface area contributed by atoms with Crippen molar-refractivity contribution in [3.8, 4) is 0 Å². The maximum Gasteiger partial charge on any atom is 0.363 e. The van der Waals surface area contributed by atoms with E-state index in [0.29, 0.717) is 24.4 Å². The predicted octanol–water partition coefficient (Wildman–Crippen LogP) is 3.29. The Bertz CT molecular complexity index is 483. The molecule has 0 bridgehead atoms. The fourth-order valence-corrected chi connectivity index (χ4v) is 1.41. The SMILES string of the molecule is CCOCc1ccc2oc(=S)oc2c1. The van der Waals surface area contributed by atoms with E-state index in [0.717, 1.165) is 5.56 Å². The molecule has 1 heterocycles. The fourth-order valence-electron chi connectivity index (χ4n) is 1.23. The fraction of sp³-hybridized carbons (Fsp3) is 0.300. The normalized spacial score (nSPS) is 10.9. The summed E-state index contributed by atoms with van der Waals surface area (Å²) >= 11 is 4.78. The first-order chi connectivity index (χ1) is 6.79. The quantitative estimate of drug-likeness (QED) is 0.728. The van der Waals surface area contributed by atoms with Gasteiger partial charge >= 0.3 is 4.90 Å². The Labute approximate surface area is 86.3 Å². The van der Waals surface area contributed by atoms with Gasteiger partial charge in [0.15, 0.2) is 11.2 Å². The van der Waals surface area contributed by atoms with Crippen LogP contribution >= 0.6 is 12.2 Å². The minimum atomic E-state index is 0.161. The van der Waals surface area contributed by atoms with Gasteiger partial charge in [-0.15, -0.1) is 0 Å². The van der Waals surface area contributed by atoms with Gasteiger partial charge in [0.2, 0.25) is 0 Å². The summed E-state index contributed by atoms with van der Waals surface area (Å²) in [7, 11) is 0. The summed E-state index contributed by atoms with van der Waals surface area (Å²) in [6, 6.07) is 5.65. The van der Waals surface area contributed by atoms with Gasteiger partial charge in [-0.2, -0.15) is 0 Å². The van der Waals surface area contributed by atoms with Gasteiger partial charge in [-0.1, -0.05) is 6.07 Å². The molecular weight excluding hydrogens is 200 g/mol. The molecule has 0 spiro atoms. The largest absolute Gasteiger partial charge is 0.413 e. The Morgan fingerprint density at radius 2 is 2.07 bits per heavy atom. The number of benzene rings is 1. The van der Waals surface area contributed by atoms with Crippen LogP contribution in [0.25, 0.3) is 11.2 Å². The first-order valence-electron chi connectivity index (χ1n) is 4.40. The molecule has 0 fully saturated rings. The summed E-state index contributed by atoms with van der Waals surface area (Å²) in [5.74, 6) is 0. The van der Waals surface area contributed by atoms with Crippen molar-refractivity contribution in [2.24, 2.45) is 0 Å². The highest BCUT2D eigenvalue weighted by atomic mass is 32.1. The molecule has 0 radical (unpaired) electrons. The van der Waals surface area contributed by atoms with E-state index in [1.807, 2.05) is 25.1 Å². The molecule has 0 saturated carbocycles. The Morgan fingerprint density at radius 1 is 1.29 bits per heavy atom. The van der Waals surface area contributed by atoms with Crippen LogP contribution in [-0.4, -0.2) is 6.61 Å². The molecule has 0 saturated heterocycles. The van der Waals surface area contributed by atoms with E-state index in [2.05, 4.69) is 0 Å². The number of hydrogen-bond donors (Lipinski definition) is 0. The lowest BCUT2D eigenvalue weighted by atomic mass is 10.2. The van der Waals surface area contributed by atoms with E-state index >= 15 is 0 Å². The Balaban J connectivity index is 2.35. The van der Waals surface area contributed by atoms with E-state index in [4.69, 9.17) is 25.8 Å². The number of rotatable bonds is 3. The molecule has 4 heteroatoms. The van der Waals surface area contributed by atoms with Crippen LogP contribution in [0.2, 0.25) is 0 Å². The van der Waals surface area contributed by atoms with Crippen molar-refractivity contribution < 1.29 is 13.6 Å². The van der Waals surface area contributed by atoms with Crippen molar-refractivity contribution >= 4 is 23.4 Å². The van der Waals surface area contributed by atoms with Crippen molar-refractivity contribution in [2.45, 2.75) is 13.5 Å². The summed E-state index contributed by atoms with van der Waals surface area (Å²) < 4.78 is 15.6. The molecule has 74 valence electrons. The van der Waals surface area contributed by atoms with Gasteiger partial charge in [0.05, 0.1) is 6.61 Å². The first kappa shape index (κ1) is 9.43. The molecule has 0 atom stereocenters. The Morgan fingerprint density at radius 3 is 2.86 bits per heavy atom. The Kier molecular flexibility index (Phi) is 2.65. The second-order valence-electron chi connectivity index (χ2n) is 2.87. The zero-order valence-corrected chi connectivity index (χ0v) is 8.60. The standard InChI is InChI=1S/C10H10O3S/c1-2-11-6-7-3-4-8-9(5-7)13-10(14)12-8/h3-5H,2,6H2,1H3. The molecule has 1 aromatic carbocycles. The van der Waals surface area contributed by atoms with E-state index in [1.165, 1.54) is 0 Å². The summed E-state index contributed by atoms with van der Waals surface area (Å²) in [6.45, 7) is 3.24. The van der Waals surface area contributed by atoms with Gasteiger partial charge in [-0.3, -0.25) is 0 Å². The lowest BCUT2D eigenvalue weighted by molar-refractivity contribution is 0.134. The minimum absolute atomic E-state index is 0.161. The number of hydrogen-bond acceptors (Lipinski definition) is 4.